The molecule has 1 unspecified atom stereocenters. The van der Waals surface area contributed by atoms with Crippen LogP contribution in [0, 0.1) is 20.8 Å². The Bertz CT molecular complexity index is 633. The van der Waals surface area contributed by atoms with Crippen molar-refractivity contribution in [3.63, 3.8) is 0 Å². The summed E-state index contributed by atoms with van der Waals surface area (Å²) in [6.07, 6.45) is 1.15. The number of hydrogen-bond acceptors (Lipinski definition) is 2. The Morgan fingerprint density at radius 3 is 2.60 bits per heavy atom. The number of fused-ring (bicyclic) bond motifs is 1. The summed E-state index contributed by atoms with van der Waals surface area (Å²) < 4.78 is 6.14. The summed E-state index contributed by atoms with van der Waals surface area (Å²) in [6, 6.07) is 13.0. The van der Waals surface area contributed by atoms with Gasteiger partial charge in [0, 0.05) is 6.42 Å². The van der Waals surface area contributed by atoms with Crippen molar-refractivity contribution in [3.05, 3.63) is 58.7 Å². The van der Waals surface area contributed by atoms with E-state index in [2.05, 4.69) is 62.5 Å². The van der Waals surface area contributed by atoms with Crippen LogP contribution in [-0.4, -0.2) is 12.6 Å². The normalized spacial score (nSPS) is 17.1. The van der Waals surface area contributed by atoms with E-state index in [1.54, 1.807) is 0 Å². The molecule has 3 rings (SSSR count). The van der Waals surface area contributed by atoms with Gasteiger partial charge in [-0.05, 0) is 49.6 Å². The van der Waals surface area contributed by atoms with Crippen molar-refractivity contribution in [2.24, 2.45) is 0 Å². The van der Waals surface area contributed by atoms with Crippen LogP contribution >= 0.6 is 0 Å². The molecule has 0 aliphatic carbocycles. The zero-order valence-corrected chi connectivity index (χ0v) is 12.4. The molecule has 1 atom stereocenters. The van der Waals surface area contributed by atoms with Gasteiger partial charge in [-0.25, -0.2) is 0 Å². The molecule has 2 nitrogen and oxygen atoms in total. The highest BCUT2D eigenvalue weighted by atomic mass is 16.5. The summed E-state index contributed by atoms with van der Waals surface area (Å²) in [5.74, 6) is 0.978. The van der Waals surface area contributed by atoms with Gasteiger partial charge in [-0.2, -0.15) is 0 Å². The summed E-state index contributed by atoms with van der Waals surface area (Å²) in [4.78, 5) is 0. The molecule has 1 aliphatic rings. The second kappa shape index (κ2) is 5.20. The van der Waals surface area contributed by atoms with Crippen LogP contribution in [0.4, 0.5) is 5.69 Å². The third kappa shape index (κ3) is 2.64. The first-order valence-electron chi connectivity index (χ1n) is 7.19. The third-order valence-corrected chi connectivity index (χ3v) is 3.90. The van der Waals surface area contributed by atoms with Crippen molar-refractivity contribution < 1.29 is 4.74 Å². The number of anilines is 1. The summed E-state index contributed by atoms with van der Waals surface area (Å²) in [5.41, 5.74) is 6.38. The van der Waals surface area contributed by atoms with Crippen molar-refractivity contribution in [2.75, 3.05) is 11.9 Å². The fourth-order valence-electron chi connectivity index (χ4n) is 2.75. The molecule has 20 heavy (non-hydrogen) atoms. The second-order valence-corrected chi connectivity index (χ2v) is 5.75. The Kier molecular flexibility index (Phi) is 3.39. The first kappa shape index (κ1) is 13.0. The van der Waals surface area contributed by atoms with E-state index < -0.39 is 0 Å². The van der Waals surface area contributed by atoms with Crippen LogP contribution in [0.2, 0.25) is 0 Å². The van der Waals surface area contributed by atoms with E-state index in [9.17, 15) is 0 Å². The topological polar surface area (TPSA) is 21.3 Å². The standard InChI is InChI=1S/C18H21NO/c1-12-4-6-15(14(3)8-12)10-16-11-19-17-7-5-13(2)9-18(17)20-16/h4-9,16,19H,10-11H2,1-3H3. The quantitative estimate of drug-likeness (QED) is 0.887. The van der Waals surface area contributed by atoms with Gasteiger partial charge in [-0.3, -0.25) is 0 Å². The Labute approximate surface area is 120 Å². The number of nitrogens with one attached hydrogen (secondary N) is 1. The smallest absolute Gasteiger partial charge is 0.143 e. The molecule has 0 aromatic heterocycles. The van der Waals surface area contributed by atoms with Crippen LogP contribution in [0.1, 0.15) is 22.3 Å². The van der Waals surface area contributed by atoms with Gasteiger partial charge in [0.05, 0.1) is 12.2 Å². The molecule has 0 fully saturated rings. The van der Waals surface area contributed by atoms with Crippen molar-refractivity contribution in [2.45, 2.75) is 33.3 Å². The van der Waals surface area contributed by atoms with E-state index in [1.165, 1.54) is 22.3 Å². The maximum atomic E-state index is 6.14. The van der Waals surface area contributed by atoms with Crippen molar-refractivity contribution in [1.82, 2.24) is 0 Å². The number of benzene rings is 2. The molecule has 1 N–H and O–H groups in total. The molecule has 2 aromatic carbocycles. The third-order valence-electron chi connectivity index (χ3n) is 3.90. The predicted molar refractivity (Wildman–Crippen MR) is 83.7 cm³/mol. The van der Waals surface area contributed by atoms with Crippen LogP contribution in [0.5, 0.6) is 5.75 Å². The molecule has 1 heterocycles. The van der Waals surface area contributed by atoms with Crippen LogP contribution < -0.4 is 10.1 Å². The number of hydrogen-bond donors (Lipinski definition) is 1. The van der Waals surface area contributed by atoms with E-state index >= 15 is 0 Å². The highest BCUT2D eigenvalue weighted by Crippen LogP contribution is 2.30. The van der Waals surface area contributed by atoms with E-state index in [4.69, 9.17) is 4.74 Å². The average Bonchev–Trinajstić information content (AvgIpc) is 2.41. The van der Waals surface area contributed by atoms with Gasteiger partial charge in [0.25, 0.3) is 0 Å². The van der Waals surface area contributed by atoms with Crippen LogP contribution in [0.3, 0.4) is 0 Å². The zero-order chi connectivity index (χ0) is 14.1. The maximum Gasteiger partial charge on any atom is 0.143 e. The molecular weight excluding hydrogens is 246 g/mol. The molecule has 104 valence electrons. The minimum atomic E-state index is 0.200. The highest BCUT2D eigenvalue weighted by Gasteiger charge is 2.20. The lowest BCUT2D eigenvalue weighted by atomic mass is 9.99. The molecule has 0 spiro atoms. The molecule has 1 aliphatic heterocycles. The minimum absolute atomic E-state index is 0.200. The lowest BCUT2D eigenvalue weighted by Gasteiger charge is -2.28. The number of rotatable bonds is 2. The zero-order valence-electron chi connectivity index (χ0n) is 12.4. The maximum absolute atomic E-state index is 6.14. The van der Waals surface area contributed by atoms with Gasteiger partial charge in [0.15, 0.2) is 0 Å². The first-order valence-corrected chi connectivity index (χ1v) is 7.19. The highest BCUT2D eigenvalue weighted by molar-refractivity contribution is 5.59. The molecule has 2 heteroatoms. The second-order valence-electron chi connectivity index (χ2n) is 5.75. The monoisotopic (exact) mass is 267 g/mol. The van der Waals surface area contributed by atoms with E-state index in [0.29, 0.717) is 0 Å². The van der Waals surface area contributed by atoms with Crippen LogP contribution in [0.15, 0.2) is 36.4 Å². The van der Waals surface area contributed by atoms with Crippen molar-refractivity contribution in [1.29, 1.82) is 0 Å². The molecule has 0 saturated carbocycles. The molecule has 0 radical (unpaired) electrons. The van der Waals surface area contributed by atoms with Crippen molar-refractivity contribution in [3.8, 4) is 5.75 Å². The van der Waals surface area contributed by atoms with Crippen LogP contribution in [-0.2, 0) is 6.42 Å². The lowest BCUT2D eigenvalue weighted by Crippen LogP contribution is -2.32. The average molecular weight is 267 g/mol. The van der Waals surface area contributed by atoms with Gasteiger partial charge >= 0.3 is 0 Å². The summed E-state index contributed by atoms with van der Waals surface area (Å²) in [6.45, 7) is 7.27. The fraction of sp³-hybridized carbons (Fsp3) is 0.333. The molecule has 0 saturated heterocycles. The SMILES string of the molecule is Cc1ccc(CC2CNc3ccc(C)cc3O2)c(C)c1. The molecule has 0 bridgehead atoms. The predicted octanol–water partition coefficient (Wildman–Crippen LogP) is 4.03. The van der Waals surface area contributed by atoms with Gasteiger partial charge in [-0.15, -0.1) is 0 Å². The summed E-state index contributed by atoms with van der Waals surface area (Å²) in [7, 11) is 0. The molecule has 0 amide bonds. The van der Waals surface area contributed by atoms with E-state index in [-0.39, 0.29) is 6.10 Å². The Morgan fingerprint density at radius 1 is 1.05 bits per heavy atom. The van der Waals surface area contributed by atoms with Crippen LogP contribution in [0.25, 0.3) is 0 Å². The summed E-state index contributed by atoms with van der Waals surface area (Å²) >= 11 is 0. The van der Waals surface area contributed by atoms with E-state index in [0.717, 1.165) is 24.4 Å². The summed E-state index contributed by atoms with van der Waals surface area (Å²) in [5, 5.41) is 3.47. The van der Waals surface area contributed by atoms with E-state index in [1.807, 2.05) is 0 Å². The Balaban J connectivity index is 1.77. The van der Waals surface area contributed by atoms with Gasteiger partial charge < -0.3 is 10.1 Å². The molecular formula is C18H21NO. The van der Waals surface area contributed by atoms with Gasteiger partial charge in [0.1, 0.15) is 11.9 Å². The Morgan fingerprint density at radius 2 is 1.80 bits per heavy atom. The fourth-order valence-corrected chi connectivity index (χ4v) is 2.75. The Hall–Kier alpha value is -1.96. The first-order chi connectivity index (χ1) is 9.61. The minimum Gasteiger partial charge on any atom is -0.486 e. The molecule has 2 aromatic rings. The lowest BCUT2D eigenvalue weighted by molar-refractivity contribution is 0.206. The largest absolute Gasteiger partial charge is 0.486 e. The van der Waals surface area contributed by atoms with Gasteiger partial charge in [-0.1, -0.05) is 29.8 Å². The number of aryl methyl sites for hydroxylation is 3. The number of ether oxygens (including phenoxy) is 1. The van der Waals surface area contributed by atoms with Crippen molar-refractivity contribution >= 4 is 5.69 Å². The van der Waals surface area contributed by atoms with Gasteiger partial charge in [0.2, 0.25) is 0 Å².